The van der Waals surface area contributed by atoms with E-state index in [-0.39, 0.29) is 34.3 Å². The van der Waals surface area contributed by atoms with Crippen LogP contribution in [0.25, 0.3) is 11.0 Å². The molecule has 0 saturated heterocycles. The second-order valence-electron chi connectivity index (χ2n) is 6.94. The predicted octanol–water partition coefficient (Wildman–Crippen LogP) is 3.45. The molecule has 1 atom stereocenters. The van der Waals surface area contributed by atoms with Crippen LogP contribution in [0.4, 0.5) is 8.78 Å². The third-order valence-electron chi connectivity index (χ3n) is 5.40. The Balaban J connectivity index is 2.05. The lowest BCUT2D eigenvalue weighted by Crippen LogP contribution is -2.37. The zero-order valence-electron chi connectivity index (χ0n) is 14.4. The number of alkyl halides is 2. The van der Waals surface area contributed by atoms with Gasteiger partial charge in [0.25, 0.3) is 15.9 Å². The molecule has 3 aromatic rings. The van der Waals surface area contributed by atoms with Gasteiger partial charge in [-0.3, -0.25) is 0 Å². The van der Waals surface area contributed by atoms with Crippen molar-refractivity contribution < 1.29 is 22.3 Å². The summed E-state index contributed by atoms with van der Waals surface area (Å²) in [6, 6.07) is 7.63. The van der Waals surface area contributed by atoms with Gasteiger partial charge in [0.2, 0.25) is 5.88 Å². The predicted molar refractivity (Wildman–Crippen MR) is 94.4 cm³/mol. The second-order valence-corrected chi connectivity index (χ2v) is 8.76. The SMILES string of the molecule is CC1(c2cn(S(=O)(=O)c3ccccc3)c3ncnc(O)c23)CCCC1(F)F. The molecule has 2 aromatic heterocycles. The lowest BCUT2D eigenvalue weighted by molar-refractivity contribution is -0.0496. The van der Waals surface area contributed by atoms with Crippen molar-refractivity contribution in [3.8, 4) is 5.88 Å². The van der Waals surface area contributed by atoms with Crippen LogP contribution in [-0.4, -0.2) is 33.4 Å². The normalized spacial score (nSPS) is 22.3. The number of hydrogen-bond donors (Lipinski definition) is 1. The maximum atomic E-state index is 14.7. The number of aromatic hydroxyl groups is 1. The fraction of sp³-hybridized carbons (Fsp3) is 0.333. The molecule has 0 bridgehead atoms. The van der Waals surface area contributed by atoms with E-state index in [1.807, 2.05) is 0 Å². The second kappa shape index (κ2) is 5.72. The summed E-state index contributed by atoms with van der Waals surface area (Å²) in [5.74, 6) is -3.55. The van der Waals surface area contributed by atoms with Crippen molar-refractivity contribution in [3.05, 3.63) is 48.4 Å². The molecule has 1 unspecified atom stereocenters. The van der Waals surface area contributed by atoms with Crippen LogP contribution >= 0.6 is 0 Å². The van der Waals surface area contributed by atoms with Gasteiger partial charge in [-0.15, -0.1) is 0 Å². The monoisotopic (exact) mass is 393 g/mol. The van der Waals surface area contributed by atoms with Crippen molar-refractivity contribution in [1.29, 1.82) is 0 Å². The summed E-state index contributed by atoms with van der Waals surface area (Å²) in [6.07, 6.45) is 2.33. The Morgan fingerprint density at radius 1 is 1.15 bits per heavy atom. The topological polar surface area (TPSA) is 85.1 Å². The van der Waals surface area contributed by atoms with E-state index < -0.39 is 27.2 Å². The minimum absolute atomic E-state index is 0.00473. The molecule has 1 fully saturated rings. The van der Waals surface area contributed by atoms with Crippen LogP contribution in [0.5, 0.6) is 5.88 Å². The van der Waals surface area contributed by atoms with E-state index >= 15 is 0 Å². The number of hydrogen-bond acceptors (Lipinski definition) is 5. The van der Waals surface area contributed by atoms with Crippen LogP contribution in [0, 0.1) is 0 Å². The van der Waals surface area contributed by atoms with Crippen LogP contribution in [-0.2, 0) is 15.4 Å². The standard InChI is InChI=1S/C18H17F2N3O3S/c1-17(8-5-9-18(17,19)20)13-10-23(15-14(13)16(24)22-11-21-15)27(25,26)12-6-3-2-4-7-12/h2-4,6-7,10-11H,5,8-9H2,1H3,(H,21,22,24). The first kappa shape index (κ1) is 17.8. The van der Waals surface area contributed by atoms with E-state index in [2.05, 4.69) is 9.97 Å². The van der Waals surface area contributed by atoms with Gasteiger partial charge in [-0.2, -0.15) is 0 Å². The van der Waals surface area contributed by atoms with Crippen LogP contribution in [0.1, 0.15) is 31.7 Å². The zero-order valence-corrected chi connectivity index (χ0v) is 15.2. The molecular weight excluding hydrogens is 376 g/mol. The third-order valence-corrected chi connectivity index (χ3v) is 7.07. The van der Waals surface area contributed by atoms with Crippen LogP contribution in [0.15, 0.2) is 47.8 Å². The molecule has 0 aliphatic heterocycles. The minimum atomic E-state index is -4.08. The molecule has 4 rings (SSSR count). The van der Waals surface area contributed by atoms with E-state index in [0.717, 1.165) is 16.5 Å². The van der Waals surface area contributed by atoms with Gasteiger partial charge in [-0.05, 0) is 37.5 Å². The highest BCUT2D eigenvalue weighted by molar-refractivity contribution is 7.90. The van der Waals surface area contributed by atoms with Crippen LogP contribution in [0.3, 0.4) is 0 Å². The Kier molecular flexibility index (Phi) is 3.78. The van der Waals surface area contributed by atoms with Crippen molar-refractivity contribution in [2.75, 3.05) is 0 Å². The highest BCUT2D eigenvalue weighted by atomic mass is 32.2. The van der Waals surface area contributed by atoms with Crippen molar-refractivity contribution >= 4 is 21.1 Å². The van der Waals surface area contributed by atoms with Crippen molar-refractivity contribution in [2.45, 2.75) is 42.4 Å². The summed E-state index contributed by atoms with van der Waals surface area (Å²) in [5.41, 5.74) is -1.70. The smallest absolute Gasteiger partial charge is 0.269 e. The number of nitrogens with zero attached hydrogens (tertiary/aromatic N) is 3. The maximum Gasteiger partial charge on any atom is 0.269 e. The molecule has 0 radical (unpaired) electrons. The first-order valence-electron chi connectivity index (χ1n) is 8.42. The first-order valence-corrected chi connectivity index (χ1v) is 9.86. The molecule has 27 heavy (non-hydrogen) atoms. The van der Waals surface area contributed by atoms with Gasteiger partial charge < -0.3 is 5.11 Å². The first-order chi connectivity index (χ1) is 12.7. The lowest BCUT2D eigenvalue weighted by atomic mass is 9.78. The quantitative estimate of drug-likeness (QED) is 0.737. The van der Waals surface area contributed by atoms with Gasteiger partial charge in [-0.25, -0.2) is 31.1 Å². The van der Waals surface area contributed by atoms with Gasteiger partial charge in [0.15, 0.2) is 5.65 Å². The molecule has 0 amide bonds. The minimum Gasteiger partial charge on any atom is -0.493 e. The van der Waals surface area contributed by atoms with Crippen LogP contribution in [0.2, 0.25) is 0 Å². The summed E-state index contributed by atoms with van der Waals surface area (Å²) < 4.78 is 56.4. The number of benzene rings is 1. The molecule has 9 heteroatoms. The fourth-order valence-electron chi connectivity index (χ4n) is 3.78. The Bertz CT molecular complexity index is 1130. The molecule has 1 aliphatic rings. The maximum absolute atomic E-state index is 14.7. The van der Waals surface area contributed by atoms with Crippen molar-refractivity contribution in [2.24, 2.45) is 0 Å². The summed E-state index contributed by atoms with van der Waals surface area (Å²) >= 11 is 0. The van der Waals surface area contributed by atoms with E-state index in [0.29, 0.717) is 6.42 Å². The van der Waals surface area contributed by atoms with Crippen molar-refractivity contribution in [3.63, 3.8) is 0 Å². The Morgan fingerprint density at radius 2 is 1.85 bits per heavy atom. The summed E-state index contributed by atoms with van der Waals surface area (Å²) in [4.78, 5) is 7.65. The Hall–Kier alpha value is -2.55. The Morgan fingerprint density at radius 3 is 2.48 bits per heavy atom. The van der Waals surface area contributed by atoms with Gasteiger partial charge in [0.05, 0.1) is 15.7 Å². The van der Waals surface area contributed by atoms with Gasteiger partial charge in [0, 0.05) is 12.6 Å². The van der Waals surface area contributed by atoms with E-state index in [1.54, 1.807) is 18.2 Å². The third kappa shape index (κ3) is 2.44. The number of aromatic nitrogens is 3. The van der Waals surface area contributed by atoms with Gasteiger partial charge in [-0.1, -0.05) is 18.2 Å². The van der Waals surface area contributed by atoms with Gasteiger partial charge >= 0.3 is 0 Å². The van der Waals surface area contributed by atoms with E-state index in [4.69, 9.17) is 0 Å². The van der Waals surface area contributed by atoms with E-state index in [1.165, 1.54) is 19.1 Å². The number of halogens is 2. The summed E-state index contributed by atoms with van der Waals surface area (Å²) in [7, 11) is -4.08. The highest BCUT2D eigenvalue weighted by Gasteiger charge is 2.56. The Labute approximate surface area is 154 Å². The molecule has 1 aliphatic carbocycles. The molecule has 1 saturated carbocycles. The summed E-state index contributed by atoms with van der Waals surface area (Å²) in [6.45, 7) is 1.39. The highest BCUT2D eigenvalue weighted by Crippen LogP contribution is 2.54. The average molecular weight is 393 g/mol. The summed E-state index contributed by atoms with van der Waals surface area (Å²) in [5, 5.41) is 10.2. The molecule has 6 nitrogen and oxygen atoms in total. The molecule has 142 valence electrons. The van der Waals surface area contributed by atoms with Crippen LogP contribution < -0.4 is 0 Å². The molecule has 2 heterocycles. The lowest BCUT2D eigenvalue weighted by Gasteiger charge is -2.30. The number of fused-ring (bicyclic) bond motifs is 1. The largest absolute Gasteiger partial charge is 0.493 e. The fourth-order valence-corrected chi connectivity index (χ4v) is 5.12. The molecule has 1 aromatic carbocycles. The average Bonchev–Trinajstić information content (AvgIpc) is 3.16. The molecule has 0 spiro atoms. The molecule has 1 N–H and O–H groups in total. The van der Waals surface area contributed by atoms with E-state index in [9.17, 15) is 22.3 Å². The van der Waals surface area contributed by atoms with Crippen molar-refractivity contribution in [1.82, 2.24) is 13.9 Å². The zero-order chi connectivity index (χ0) is 19.4. The van der Waals surface area contributed by atoms with Gasteiger partial charge in [0.1, 0.15) is 6.33 Å². The number of rotatable bonds is 3. The molecular formula is C18H17F2N3O3S.